The lowest BCUT2D eigenvalue weighted by molar-refractivity contribution is 0.0730. The van der Waals surface area contributed by atoms with Gasteiger partial charge in [-0.25, -0.2) is 13.4 Å². The number of halogens is 1. The Hall–Kier alpha value is -1.68. The predicted molar refractivity (Wildman–Crippen MR) is 107 cm³/mol. The maximum Gasteiger partial charge on any atom is 0.244 e. The second kappa shape index (κ2) is 8.55. The third-order valence-corrected chi connectivity index (χ3v) is 6.89. The van der Waals surface area contributed by atoms with E-state index in [0.717, 1.165) is 15.8 Å². The zero-order chi connectivity index (χ0) is 19.4. The van der Waals surface area contributed by atoms with Crippen molar-refractivity contribution >= 4 is 31.8 Å². The van der Waals surface area contributed by atoms with Gasteiger partial charge in [-0.3, -0.25) is 0 Å². The summed E-state index contributed by atoms with van der Waals surface area (Å²) < 4.78 is 38.0. The molecule has 7 nitrogen and oxygen atoms in total. The Morgan fingerprint density at radius 1 is 1.26 bits per heavy atom. The van der Waals surface area contributed by atoms with Gasteiger partial charge in [0.25, 0.3) is 0 Å². The van der Waals surface area contributed by atoms with E-state index in [-0.39, 0.29) is 10.9 Å². The number of sulfonamides is 1. The summed E-state index contributed by atoms with van der Waals surface area (Å²) in [7, 11) is -1.91. The van der Waals surface area contributed by atoms with E-state index in [1.54, 1.807) is 19.2 Å². The molecule has 1 saturated heterocycles. The van der Waals surface area contributed by atoms with Crippen LogP contribution in [0.2, 0.25) is 0 Å². The monoisotopic (exact) mass is 455 g/mol. The first-order chi connectivity index (χ1) is 12.9. The van der Waals surface area contributed by atoms with Gasteiger partial charge in [-0.05, 0) is 52.7 Å². The van der Waals surface area contributed by atoms with Crippen LogP contribution in [0.4, 0.5) is 5.82 Å². The summed E-state index contributed by atoms with van der Waals surface area (Å²) in [6.45, 7) is 3.58. The smallest absolute Gasteiger partial charge is 0.244 e. The van der Waals surface area contributed by atoms with Crippen molar-refractivity contribution in [3.63, 3.8) is 0 Å². The number of nitrogens with zero attached hydrogens (tertiary/aromatic N) is 2. The van der Waals surface area contributed by atoms with Crippen molar-refractivity contribution < 1.29 is 17.9 Å². The number of pyridine rings is 1. The molecule has 0 amide bonds. The maximum absolute atomic E-state index is 12.6. The number of nitrogens with one attached hydrogen (secondary N) is 1. The number of hydrogen-bond acceptors (Lipinski definition) is 6. The van der Waals surface area contributed by atoms with Crippen molar-refractivity contribution in [2.45, 2.75) is 17.9 Å². The molecule has 2 heterocycles. The molecule has 9 heteroatoms. The molecule has 0 spiro atoms. The van der Waals surface area contributed by atoms with Crippen molar-refractivity contribution in [1.29, 1.82) is 0 Å². The molecule has 0 saturated carbocycles. The number of morpholine rings is 1. The Morgan fingerprint density at radius 3 is 2.59 bits per heavy atom. The Kier molecular flexibility index (Phi) is 6.36. The van der Waals surface area contributed by atoms with Crippen molar-refractivity contribution in [1.82, 2.24) is 9.29 Å². The van der Waals surface area contributed by atoms with E-state index in [2.05, 4.69) is 26.2 Å². The summed E-state index contributed by atoms with van der Waals surface area (Å²) in [6, 6.07) is 9.09. The zero-order valence-electron chi connectivity index (χ0n) is 15.2. The van der Waals surface area contributed by atoms with E-state index in [1.807, 2.05) is 25.1 Å². The van der Waals surface area contributed by atoms with Crippen LogP contribution in [0.25, 0.3) is 0 Å². The van der Waals surface area contributed by atoms with Gasteiger partial charge in [0, 0.05) is 25.3 Å². The van der Waals surface area contributed by atoms with Crippen molar-refractivity contribution in [3.05, 3.63) is 46.6 Å². The summed E-state index contributed by atoms with van der Waals surface area (Å²) in [5, 5.41) is 3.28. The SMILES string of the molecule is COc1ccc([C@H](C)Nc2ccc(S(=O)(=O)N3CCOCC3)cn2)cc1Br. The van der Waals surface area contributed by atoms with Crippen molar-refractivity contribution in [3.8, 4) is 5.75 Å². The van der Waals surface area contributed by atoms with Gasteiger partial charge >= 0.3 is 0 Å². The van der Waals surface area contributed by atoms with Gasteiger partial charge in [0.1, 0.15) is 16.5 Å². The molecular weight excluding hydrogens is 434 g/mol. The van der Waals surface area contributed by atoms with Crippen LogP contribution in [0.5, 0.6) is 5.75 Å². The largest absolute Gasteiger partial charge is 0.496 e. The molecule has 0 aliphatic carbocycles. The third-order valence-electron chi connectivity index (χ3n) is 4.38. The van der Waals surface area contributed by atoms with Crippen LogP contribution in [0.15, 0.2) is 45.9 Å². The van der Waals surface area contributed by atoms with Gasteiger partial charge in [0.2, 0.25) is 10.0 Å². The van der Waals surface area contributed by atoms with E-state index in [1.165, 1.54) is 10.5 Å². The number of rotatable bonds is 6. The van der Waals surface area contributed by atoms with Crippen LogP contribution in [0.1, 0.15) is 18.5 Å². The number of anilines is 1. The minimum Gasteiger partial charge on any atom is -0.496 e. The highest BCUT2D eigenvalue weighted by atomic mass is 79.9. The summed E-state index contributed by atoms with van der Waals surface area (Å²) in [5.41, 5.74) is 1.05. The minimum atomic E-state index is -3.53. The lowest BCUT2D eigenvalue weighted by atomic mass is 10.1. The summed E-state index contributed by atoms with van der Waals surface area (Å²) >= 11 is 3.48. The minimum absolute atomic E-state index is 0.0126. The topological polar surface area (TPSA) is 80.8 Å². The van der Waals surface area contributed by atoms with Gasteiger partial charge in [0.05, 0.1) is 24.8 Å². The fourth-order valence-corrected chi connectivity index (χ4v) is 4.72. The molecule has 1 aromatic carbocycles. The molecule has 3 rings (SSSR count). The molecule has 1 N–H and O–H groups in total. The highest BCUT2D eigenvalue weighted by Crippen LogP contribution is 2.29. The van der Waals surface area contributed by atoms with Crippen molar-refractivity contribution in [2.24, 2.45) is 0 Å². The lowest BCUT2D eigenvalue weighted by Gasteiger charge is -2.26. The molecule has 1 atom stereocenters. The van der Waals surface area contributed by atoms with Crippen LogP contribution < -0.4 is 10.1 Å². The first-order valence-electron chi connectivity index (χ1n) is 8.56. The average Bonchev–Trinajstić information content (AvgIpc) is 2.69. The van der Waals surface area contributed by atoms with E-state index in [0.29, 0.717) is 32.1 Å². The first kappa shape index (κ1) is 20.1. The Balaban J connectivity index is 1.71. The number of hydrogen-bond donors (Lipinski definition) is 1. The Labute approximate surface area is 167 Å². The Bertz CT molecular complexity index is 884. The molecule has 0 radical (unpaired) electrons. The molecule has 1 aliphatic heterocycles. The molecule has 1 fully saturated rings. The Morgan fingerprint density at radius 2 is 2.00 bits per heavy atom. The zero-order valence-corrected chi connectivity index (χ0v) is 17.6. The summed E-state index contributed by atoms with van der Waals surface area (Å²) in [4.78, 5) is 4.47. The summed E-state index contributed by atoms with van der Waals surface area (Å²) in [6.07, 6.45) is 1.39. The van der Waals surface area contributed by atoms with Gasteiger partial charge in [-0.1, -0.05) is 6.07 Å². The molecule has 0 bridgehead atoms. The number of methoxy groups -OCH3 is 1. The quantitative estimate of drug-likeness (QED) is 0.720. The normalized spacial score (nSPS) is 16.7. The standard InChI is InChI=1S/C18H22BrN3O4S/c1-13(14-3-5-17(25-2)16(19)11-14)21-18-6-4-15(12-20-18)27(23,24)22-7-9-26-10-8-22/h3-6,11-13H,7-10H2,1-2H3,(H,20,21)/t13-/m0/s1. The molecule has 2 aromatic rings. The second-order valence-electron chi connectivity index (χ2n) is 6.16. The van der Waals surface area contributed by atoms with E-state index in [4.69, 9.17) is 9.47 Å². The maximum atomic E-state index is 12.6. The molecule has 1 aromatic heterocycles. The average molecular weight is 456 g/mol. The third kappa shape index (κ3) is 4.60. The molecule has 146 valence electrons. The lowest BCUT2D eigenvalue weighted by Crippen LogP contribution is -2.40. The van der Waals surface area contributed by atoms with Crippen molar-refractivity contribution in [2.75, 3.05) is 38.7 Å². The van der Waals surface area contributed by atoms with Gasteiger partial charge < -0.3 is 14.8 Å². The van der Waals surface area contributed by atoms with Gasteiger partial charge in [-0.2, -0.15) is 4.31 Å². The van der Waals surface area contributed by atoms with Crippen LogP contribution in [-0.2, 0) is 14.8 Å². The molecule has 1 aliphatic rings. The summed E-state index contributed by atoms with van der Waals surface area (Å²) in [5.74, 6) is 1.37. The van der Waals surface area contributed by atoms with Gasteiger partial charge in [0.15, 0.2) is 0 Å². The van der Waals surface area contributed by atoms with Crippen LogP contribution >= 0.6 is 15.9 Å². The molecule has 0 unspecified atom stereocenters. The van der Waals surface area contributed by atoms with Crippen LogP contribution in [-0.4, -0.2) is 51.1 Å². The predicted octanol–water partition coefficient (Wildman–Crippen LogP) is 3.05. The first-order valence-corrected chi connectivity index (χ1v) is 10.8. The van der Waals surface area contributed by atoms with Crippen LogP contribution in [0.3, 0.4) is 0 Å². The molecular formula is C18H22BrN3O4S. The highest BCUT2D eigenvalue weighted by Gasteiger charge is 2.26. The number of benzene rings is 1. The fourth-order valence-electron chi connectivity index (χ4n) is 2.81. The number of aromatic nitrogens is 1. The number of ether oxygens (including phenoxy) is 2. The van der Waals surface area contributed by atoms with E-state index in [9.17, 15) is 8.42 Å². The highest BCUT2D eigenvalue weighted by molar-refractivity contribution is 9.10. The van der Waals surface area contributed by atoms with Gasteiger partial charge in [-0.15, -0.1) is 0 Å². The fraction of sp³-hybridized carbons (Fsp3) is 0.389. The van der Waals surface area contributed by atoms with Crippen LogP contribution in [0, 0.1) is 0 Å². The molecule has 27 heavy (non-hydrogen) atoms. The van der Waals surface area contributed by atoms with E-state index >= 15 is 0 Å². The van der Waals surface area contributed by atoms with E-state index < -0.39 is 10.0 Å². The second-order valence-corrected chi connectivity index (χ2v) is 8.95.